The summed E-state index contributed by atoms with van der Waals surface area (Å²) in [7, 11) is 0. The number of hydrogen-bond donors (Lipinski definition) is 1. The van der Waals surface area contributed by atoms with Crippen molar-refractivity contribution in [2.24, 2.45) is 17.8 Å². The molecule has 0 saturated heterocycles. The second kappa shape index (κ2) is 6.30. The van der Waals surface area contributed by atoms with Gasteiger partial charge in [0.15, 0.2) is 0 Å². The van der Waals surface area contributed by atoms with E-state index in [0.29, 0.717) is 0 Å². The molecule has 0 bridgehead atoms. The molecule has 1 nitrogen and oxygen atoms in total. The van der Waals surface area contributed by atoms with E-state index in [1.807, 2.05) is 0 Å². The topological polar surface area (TPSA) is 12.0 Å². The highest BCUT2D eigenvalue weighted by Crippen LogP contribution is 2.37. The minimum absolute atomic E-state index is 0.736. The highest BCUT2D eigenvalue weighted by atomic mass is 14.9. The molecule has 1 atom stereocenters. The summed E-state index contributed by atoms with van der Waals surface area (Å²) < 4.78 is 0. The molecule has 0 amide bonds. The molecule has 0 aromatic heterocycles. The van der Waals surface area contributed by atoms with Crippen LogP contribution in [0.1, 0.15) is 50.7 Å². The average molecular weight is 271 g/mol. The molecule has 1 aromatic rings. The Balaban J connectivity index is 1.69. The first-order valence-electron chi connectivity index (χ1n) is 8.58. The highest BCUT2D eigenvalue weighted by molar-refractivity contribution is 5.32. The second-order valence-corrected chi connectivity index (χ2v) is 7.04. The van der Waals surface area contributed by atoms with E-state index in [1.165, 1.54) is 38.5 Å². The van der Waals surface area contributed by atoms with Crippen LogP contribution in [0.2, 0.25) is 0 Å². The van der Waals surface area contributed by atoms with Crippen LogP contribution in [0.15, 0.2) is 24.3 Å². The van der Waals surface area contributed by atoms with Crippen molar-refractivity contribution < 1.29 is 0 Å². The van der Waals surface area contributed by atoms with Gasteiger partial charge in [-0.1, -0.05) is 51.0 Å². The summed E-state index contributed by atoms with van der Waals surface area (Å²) in [6.07, 6.45) is 8.33. The minimum Gasteiger partial charge on any atom is -0.314 e. The molecule has 0 spiro atoms. The summed E-state index contributed by atoms with van der Waals surface area (Å²) in [5.74, 6) is 2.69. The van der Waals surface area contributed by atoms with Gasteiger partial charge in [0, 0.05) is 6.04 Å². The fourth-order valence-corrected chi connectivity index (χ4v) is 4.45. The predicted molar refractivity (Wildman–Crippen MR) is 85.9 cm³/mol. The average Bonchev–Trinajstić information content (AvgIpc) is 2.89. The van der Waals surface area contributed by atoms with Gasteiger partial charge in [-0.3, -0.25) is 0 Å². The van der Waals surface area contributed by atoms with Gasteiger partial charge in [-0.2, -0.15) is 0 Å². The standard InChI is InChI=1S/C19H29N/c1-3-20-19(15-10-8-14(2)9-11-15)18-12-16-6-4-5-7-17(16)13-18/h4-7,14-15,18-20H,3,8-13H2,1-2H3. The fraction of sp³-hybridized carbons (Fsp3) is 0.684. The normalized spacial score (nSPS) is 28.3. The molecule has 2 aliphatic carbocycles. The Morgan fingerprint density at radius 2 is 1.60 bits per heavy atom. The van der Waals surface area contributed by atoms with Gasteiger partial charge in [0.2, 0.25) is 0 Å². The van der Waals surface area contributed by atoms with E-state index in [1.54, 1.807) is 11.1 Å². The van der Waals surface area contributed by atoms with Crippen LogP contribution < -0.4 is 5.32 Å². The molecule has 1 heteroatoms. The maximum Gasteiger partial charge on any atom is 0.0130 e. The van der Waals surface area contributed by atoms with E-state index in [0.717, 1.165) is 30.3 Å². The van der Waals surface area contributed by atoms with Crippen molar-refractivity contribution >= 4 is 0 Å². The smallest absolute Gasteiger partial charge is 0.0130 e. The third-order valence-electron chi connectivity index (χ3n) is 5.60. The predicted octanol–water partition coefficient (Wildman–Crippen LogP) is 4.21. The van der Waals surface area contributed by atoms with Crippen molar-refractivity contribution in [2.75, 3.05) is 6.54 Å². The number of rotatable bonds is 4. The Hall–Kier alpha value is -0.820. The number of benzene rings is 1. The van der Waals surface area contributed by atoms with Crippen LogP contribution in [0.4, 0.5) is 0 Å². The largest absolute Gasteiger partial charge is 0.314 e. The first-order valence-corrected chi connectivity index (χ1v) is 8.58. The van der Waals surface area contributed by atoms with Crippen molar-refractivity contribution in [3.8, 4) is 0 Å². The van der Waals surface area contributed by atoms with E-state index in [4.69, 9.17) is 0 Å². The fourth-order valence-electron chi connectivity index (χ4n) is 4.45. The lowest BCUT2D eigenvalue weighted by molar-refractivity contribution is 0.187. The Morgan fingerprint density at radius 3 is 2.15 bits per heavy atom. The summed E-state index contributed by atoms with van der Waals surface area (Å²) in [6, 6.07) is 9.81. The monoisotopic (exact) mass is 271 g/mol. The summed E-state index contributed by atoms with van der Waals surface area (Å²) in [6.45, 7) is 5.80. The van der Waals surface area contributed by atoms with Crippen LogP contribution in [0, 0.1) is 17.8 Å². The molecular formula is C19H29N. The Bertz CT molecular complexity index is 406. The number of fused-ring (bicyclic) bond motifs is 1. The van der Waals surface area contributed by atoms with Crippen LogP contribution in [0.3, 0.4) is 0 Å². The van der Waals surface area contributed by atoms with Gasteiger partial charge in [-0.15, -0.1) is 0 Å². The molecule has 1 saturated carbocycles. The van der Waals surface area contributed by atoms with Crippen molar-refractivity contribution in [1.82, 2.24) is 5.32 Å². The molecule has 0 aliphatic heterocycles. The second-order valence-electron chi connectivity index (χ2n) is 7.04. The van der Waals surface area contributed by atoms with Crippen molar-refractivity contribution in [3.63, 3.8) is 0 Å². The Kier molecular flexibility index (Phi) is 4.45. The Labute approximate surface area is 124 Å². The quantitative estimate of drug-likeness (QED) is 0.865. The molecule has 2 aliphatic rings. The maximum atomic E-state index is 3.84. The lowest BCUT2D eigenvalue weighted by Crippen LogP contribution is -2.44. The van der Waals surface area contributed by atoms with Gasteiger partial charge < -0.3 is 5.32 Å². The molecule has 1 fully saturated rings. The van der Waals surface area contributed by atoms with Gasteiger partial charge in [0.05, 0.1) is 0 Å². The van der Waals surface area contributed by atoms with Gasteiger partial charge in [-0.25, -0.2) is 0 Å². The lowest BCUT2D eigenvalue weighted by atomic mass is 9.75. The molecular weight excluding hydrogens is 242 g/mol. The zero-order valence-corrected chi connectivity index (χ0v) is 13.1. The van der Waals surface area contributed by atoms with Gasteiger partial charge >= 0.3 is 0 Å². The number of hydrogen-bond acceptors (Lipinski definition) is 1. The Morgan fingerprint density at radius 1 is 1.00 bits per heavy atom. The molecule has 1 N–H and O–H groups in total. The maximum absolute atomic E-state index is 3.84. The zero-order valence-electron chi connectivity index (χ0n) is 13.1. The van der Waals surface area contributed by atoms with E-state index < -0.39 is 0 Å². The molecule has 0 radical (unpaired) electrons. The summed E-state index contributed by atoms with van der Waals surface area (Å²) in [5, 5.41) is 3.84. The lowest BCUT2D eigenvalue weighted by Gasteiger charge is -2.36. The third-order valence-corrected chi connectivity index (χ3v) is 5.60. The van der Waals surface area contributed by atoms with Crippen molar-refractivity contribution in [3.05, 3.63) is 35.4 Å². The van der Waals surface area contributed by atoms with Crippen LogP contribution >= 0.6 is 0 Å². The summed E-state index contributed by atoms with van der Waals surface area (Å²) in [5.41, 5.74) is 3.20. The van der Waals surface area contributed by atoms with Crippen LogP contribution in [0.25, 0.3) is 0 Å². The summed E-state index contributed by atoms with van der Waals surface area (Å²) in [4.78, 5) is 0. The summed E-state index contributed by atoms with van der Waals surface area (Å²) >= 11 is 0. The SMILES string of the molecule is CCNC(C1CCC(C)CC1)C1Cc2ccccc2C1. The van der Waals surface area contributed by atoms with Crippen molar-refractivity contribution in [2.45, 2.75) is 58.4 Å². The third kappa shape index (κ3) is 2.93. The van der Waals surface area contributed by atoms with Gasteiger partial charge in [0.1, 0.15) is 0 Å². The van der Waals surface area contributed by atoms with E-state index in [9.17, 15) is 0 Å². The van der Waals surface area contributed by atoms with Crippen LogP contribution in [-0.4, -0.2) is 12.6 Å². The first-order chi connectivity index (χ1) is 9.78. The van der Waals surface area contributed by atoms with E-state index in [2.05, 4.69) is 43.4 Å². The molecule has 1 unspecified atom stereocenters. The molecule has 3 rings (SSSR count). The van der Waals surface area contributed by atoms with Gasteiger partial charge in [0.25, 0.3) is 0 Å². The zero-order chi connectivity index (χ0) is 13.9. The molecule has 0 heterocycles. The van der Waals surface area contributed by atoms with E-state index >= 15 is 0 Å². The number of nitrogens with one attached hydrogen (secondary N) is 1. The van der Waals surface area contributed by atoms with Crippen molar-refractivity contribution in [1.29, 1.82) is 0 Å². The minimum atomic E-state index is 0.736. The first kappa shape index (κ1) is 14.1. The van der Waals surface area contributed by atoms with Gasteiger partial charge in [-0.05, 0) is 61.1 Å². The molecule has 1 aromatic carbocycles. The van der Waals surface area contributed by atoms with Crippen LogP contribution in [0.5, 0.6) is 0 Å². The van der Waals surface area contributed by atoms with Crippen LogP contribution in [-0.2, 0) is 12.8 Å². The molecule has 110 valence electrons. The highest BCUT2D eigenvalue weighted by Gasteiger charge is 2.34. The molecule has 20 heavy (non-hydrogen) atoms. The van der Waals surface area contributed by atoms with E-state index in [-0.39, 0.29) is 0 Å².